The fraction of sp³-hybridized carbons (Fsp3) is 0.636. The molecule has 3 heteroatoms. The summed E-state index contributed by atoms with van der Waals surface area (Å²) in [6, 6.07) is 3.80. The number of ether oxygens (including phenoxy) is 2. The van der Waals surface area contributed by atoms with Gasteiger partial charge in [-0.2, -0.15) is 0 Å². The number of hydrogen-bond donors (Lipinski definition) is 0. The van der Waals surface area contributed by atoms with E-state index in [0.29, 0.717) is 0 Å². The van der Waals surface area contributed by atoms with Gasteiger partial charge in [-0.15, -0.1) is 0 Å². The zero-order chi connectivity index (χ0) is 10.2. The second-order valence-corrected chi connectivity index (χ2v) is 4.02. The summed E-state index contributed by atoms with van der Waals surface area (Å²) in [5.74, 6) is 0.348. The standard InChI is InChI=1S/C11H16O3/c1-4-8-10(9-6-5-7-12-9)14-11(2,3)13-8/h5-8,10H,4H2,1-3H3/t8-,10-/m0/s1. The van der Waals surface area contributed by atoms with Gasteiger partial charge in [0.05, 0.1) is 12.4 Å². The fourth-order valence-corrected chi connectivity index (χ4v) is 1.83. The summed E-state index contributed by atoms with van der Waals surface area (Å²) < 4.78 is 16.9. The molecule has 0 unspecified atom stereocenters. The normalized spacial score (nSPS) is 30.8. The molecule has 0 amide bonds. The van der Waals surface area contributed by atoms with Gasteiger partial charge in [-0.1, -0.05) is 6.92 Å². The topological polar surface area (TPSA) is 31.6 Å². The lowest BCUT2D eigenvalue weighted by atomic mass is 10.1. The molecule has 0 spiro atoms. The van der Waals surface area contributed by atoms with E-state index in [0.717, 1.165) is 12.2 Å². The Balaban J connectivity index is 2.19. The number of rotatable bonds is 2. The summed E-state index contributed by atoms with van der Waals surface area (Å²) in [6.07, 6.45) is 2.62. The van der Waals surface area contributed by atoms with Gasteiger partial charge < -0.3 is 13.9 Å². The molecule has 1 aromatic heterocycles. The van der Waals surface area contributed by atoms with Crippen molar-refractivity contribution in [1.29, 1.82) is 0 Å². The third-order valence-electron chi connectivity index (χ3n) is 2.41. The molecular formula is C11H16O3. The van der Waals surface area contributed by atoms with Crippen LogP contribution in [-0.2, 0) is 9.47 Å². The third-order valence-corrected chi connectivity index (χ3v) is 2.41. The average molecular weight is 196 g/mol. The molecular weight excluding hydrogens is 180 g/mol. The molecule has 1 aromatic rings. The van der Waals surface area contributed by atoms with Gasteiger partial charge in [-0.25, -0.2) is 0 Å². The fourth-order valence-electron chi connectivity index (χ4n) is 1.83. The zero-order valence-corrected chi connectivity index (χ0v) is 8.82. The van der Waals surface area contributed by atoms with Crippen LogP contribution in [0, 0.1) is 0 Å². The van der Waals surface area contributed by atoms with Gasteiger partial charge in [-0.3, -0.25) is 0 Å². The Hall–Kier alpha value is -0.800. The molecule has 2 atom stereocenters. The molecule has 14 heavy (non-hydrogen) atoms. The molecule has 3 nitrogen and oxygen atoms in total. The predicted octanol–water partition coefficient (Wildman–Crippen LogP) is 2.88. The minimum Gasteiger partial charge on any atom is -0.466 e. The van der Waals surface area contributed by atoms with Crippen LogP contribution in [0.1, 0.15) is 39.1 Å². The van der Waals surface area contributed by atoms with E-state index in [1.54, 1.807) is 6.26 Å². The first-order valence-electron chi connectivity index (χ1n) is 5.01. The van der Waals surface area contributed by atoms with E-state index in [-0.39, 0.29) is 12.2 Å². The summed E-state index contributed by atoms with van der Waals surface area (Å²) in [6.45, 7) is 5.95. The lowest BCUT2D eigenvalue weighted by molar-refractivity contribution is -0.148. The van der Waals surface area contributed by atoms with Crippen molar-refractivity contribution in [2.24, 2.45) is 0 Å². The van der Waals surface area contributed by atoms with E-state index in [4.69, 9.17) is 13.9 Å². The van der Waals surface area contributed by atoms with Crippen molar-refractivity contribution >= 4 is 0 Å². The van der Waals surface area contributed by atoms with Crippen molar-refractivity contribution in [3.8, 4) is 0 Å². The van der Waals surface area contributed by atoms with Crippen LogP contribution in [0.3, 0.4) is 0 Å². The average Bonchev–Trinajstić information content (AvgIpc) is 2.70. The Morgan fingerprint density at radius 1 is 1.36 bits per heavy atom. The van der Waals surface area contributed by atoms with Gasteiger partial charge in [0, 0.05) is 0 Å². The SMILES string of the molecule is CC[C@@H]1OC(C)(C)O[C@@H]1c1ccco1. The molecule has 0 saturated carbocycles. The van der Waals surface area contributed by atoms with Crippen LogP contribution < -0.4 is 0 Å². The second-order valence-electron chi connectivity index (χ2n) is 4.02. The third kappa shape index (κ3) is 1.70. The number of hydrogen-bond acceptors (Lipinski definition) is 3. The largest absolute Gasteiger partial charge is 0.466 e. The molecule has 78 valence electrons. The van der Waals surface area contributed by atoms with E-state index < -0.39 is 5.79 Å². The maximum absolute atomic E-state index is 5.78. The molecule has 1 aliphatic rings. The Kier molecular flexibility index (Phi) is 2.37. The van der Waals surface area contributed by atoms with Gasteiger partial charge in [0.1, 0.15) is 11.9 Å². The maximum atomic E-state index is 5.78. The Morgan fingerprint density at radius 2 is 2.14 bits per heavy atom. The zero-order valence-electron chi connectivity index (χ0n) is 8.82. The number of furan rings is 1. The molecule has 0 aromatic carbocycles. The molecule has 2 heterocycles. The summed E-state index contributed by atoms with van der Waals surface area (Å²) in [7, 11) is 0. The molecule has 1 saturated heterocycles. The van der Waals surface area contributed by atoms with Crippen molar-refractivity contribution in [2.75, 3.05) is 0 Å². The van der Waals surface area contributed by atoms with E-state index >= 15 is 0 Å². The van der Waals surface area contributed by atoms with E-state index in [9.17, 15) is 0 Å². The van der Waals surface area contributed by atoms with Crippen LogP contribution in [0.5, 0.6) is 0 Å². The van der Waals surface area contributed by atoms with E-state index in [2.05, 4.69) is 6.92 Å². The second kappa shape index (κ2) is 3.41. The molecule has 0 aliphatic carbocycles. The molecule has 1 aliphatic heterocycles. The van der Waals surface area contributed by atoms with Gasteiger partial charge in [-0.05, 0) is 32.4 Å². The van der Waals surface area contributed by atoms with Gasteiger partial charge in [0.2, 0.25) is 0 Å². The van der Waals surface area contributed by atoms with Crippen LogP contribution in [0.4, 0.5) is 0 Å². The summed E-state index contributed by atoms with van der Waals surface area (Å²) in [5, 5.41) is 0. The highest BCUT2D eigenvalue weighted by Gasteiger charge is 2.42. The summed E-state index contributed by atoms with van der Waals surface area (Å²) >= 11 is 0. The highest BCUT2D eigenvalue weighted by atomic mass is 16.8. The van der Waals surface area contributed by atoms with Crippen LogP contribution >= 0.6 is 0 Å². The Morgan fingerprint density at radius 3 is 2.71 bits per heavy atom. The minimum atomic E-state index is -0.502. The maximum Gasteiger partial charge on any atom is 0.164 e. The van der Waals surface area contributed by atoms with Crippen molar-refractivity contribution in [1.82, 2.24) is 0 Å². The molecule has 1 fully saturated rings. The molecule has 0 radical (unpaired) electrons. The van der Waals surface area contributed by atoms with Crippen molar-refractivity contribution in [2.45, 2.75) is 45.2 Å². The highest BCUT2D eigenvalue weighted by Crippen LogP contribution is 2.39. The first-order valence-corrected chi connectivity index (χ1v) is 5.01. The van der Waals surface area contributed by atoms with Gasteiger partial charge in [0.25, 0.3) is 0 Å². The van der Waals surface area contributed by atoms with Crippen LogP contribution in [0.15, 0.2) is 22.8 Å². The first-order chi connectivity index (χ1) is 6.62. The van der Waals surface area contributed by atoms with Crippen LogP contribution in [0.25, 0.3) is 0 Å². The van der Waals surface area contributed by atoms with Crippen molar-refractivity contribution in [3.05, 3.63) is 24.2 Å². The lowest BCUT2D eigenvalue weighted by Crippen LogP contribution is -2.21. The molecule has 0 bridgehead atoms. The van der Waals surface area contributed by atoms with Gasteiger partial charge >= 0.3 is 0 Å². The first kappa shape index (κ1) is 9.74. The lowest BCUT2D eigenvalue weighted by Gasteiger charge is -2.16. The monoisotopic (exact) mass is 196 g/mol. The Labute approximate surface area is 84.0 Å². The van der Waals surface area contributed by atoms with E-state index in [1.807, 2.05) is 26.0 Å². The molecule has 2 rings (SSSR count). The Bertz CT molecular complexity index is 289. The quantitative estimate of drug-likeness (QED) is 0.728. The highest BCUT2D eigenvalue weighted by molar-refractivity contribution is 5.06. The summed E-state index contributed by atoms with van der Waals surface area (Å²) in [4.78, 5) is 0. The van der Waals surface area contributed by atoms with Gasteiger partial charge in [0.15, 0.2) is 5.79 Å². The van der Waals surface area contributed by atoms with Crippen molar-refractivity contribution < 1.29 is 13.9 Å². The smallest absolute Gasteiger partial charge is 0.164 e. The minimum absolute atomic E-state index is 0.0648. The summed E-state index contributed by atoms with van der Waals surface area (Å²) in [5.41, 5.74) is 0. The van der Waals surface area contributed by atoms with E-state index in [1.165, 1.54) is 0 Å². The van der Waals surface area contributed by atoms with Crippen LogP contribution in [-0.4, -0.2) is 11.9 Å². The van der Waals surface area contributed by atoms with Crippen LogP contribution in [0.2, 0.25) is 0 Å². The molecule has 0 N–H and O–H groups in total. The van der Waals surface area contributed by atoms with Crippen molar-refractivity contribution in [3.63, 3.8) is 0 Å². The predicted molar refractivity (Wildman–Crippen MR) is 51.8 cm³/mol.